The van der Waals surface area contributed by atoms with E-state index in [1.807, 2.05) is 25.3 Å². The molecule has 1 aromatic heterocycles. The molecule has 9 heteroatoms. The van der Waals surface area contributed by atoms with Crippen molar-refractivity contribution in [3.05, 3.63) is 65.1 Å². The number of methoxy groups -OCH3 is 1. The van der Waals surface area contributed by atoms with Crippen molar-refractivity contribution < 1.29 is 14.3 Å². The Bertz CT molecular complexity index is 1320. The van der Waals surface area contributed by atoms with Crippen molar-refractivity contribution in [1.82, 2.24) is 14.9 Å². The monoisotopic (exact) mass is 549 g/mol. The van der Waals surface area contributed by atoms with Crippen molar-refractivity contribution in [1.29, 1.82) is 0 Å². The molecule has 0 bridgehead atoms. The van der Waals surface area contributed by atoms with Gasteiger partial charge in [0.25, 0.3) is 5.91 Å². The van der Waals surface area contributed by atoms with Gasteiger partial charge in [0.15, 0.2) is 5.75 Å². The standard InChI is InChI=1S/C30H39N5O3S/c1-19-11-13-35(17-19)18-26-31-12-10-27(33-26)38-25-14-21(9-8-20(25)2)29(36)32-23-15-22(30(3,4)5)16-24(34-39-7)28(23)37-6/h8-10,12,14-16,19,34H,11,13,17-18H2,1-7H3,(H,32,36). The molecule has 0 spiro atoms. The van der Waals surface area contributed by atoms with Crippen molar-refractivity contribution >= 4 is 29.2 Å². The highest BCUT2D eigenvalue weighted by Crippen LogP contribution is 2.40. The largest absolute Gasteiger partial charge is 0.492 e. The second kappa shape index (κ2) is 12.3. The molecule has 8 nitrogen and oxygen atoms in total. The maximum absolute atomic E-state index is 13.4. The third kappa shape index (κ3) is 7.22. The summed E-state index contributed by atoms with van der Waals surface area (Å²) in [5, 5.41) is 3.05. The number of likely N-dealkylation sites (tertiary alicyclic amines) is 1. The van der Waals surface area contributed by atoms with E-state index >= 15 is 0 Å². The lowest BCUT2D eigenvalue weighted by Gasteiger charge is -2.24. The first-order valence-corrected chi connectivity index (χ1v) is 14.5. The number of rotatable bonds is 9. The normalized spacial score (nSPS) is 15.7. The Hall–Kier alpha value is -3.30. The molecule has 0 aliphatic carbocycles. The molecule has 208 valence electrons. The van der Waals surface area contributed by atoms with E-state index in [2.05, 4.69) is 58.7 Å². The molecule has 2 heterocycles. The average Bonchev–Trinajstić information content (AvgIpc) is 3.29. The van der Waals surface area contributed by atoms with Crippen LogP contribution in [0.1, 0.15) is 61.4 Å². The van der Waals surface area contributed by atoms with Crippen LogP contribution in [0, 0.1) is 12.8 Å². The summed E-state index contributed by atoms with van der Waals surface area (Å²) in [6.07, 6.45) is 4.87. The number of anilines is 2. The number of carbonyl (C=O) groups excluding carboxylic acids is 1. The van der Waals surface area contributed by atoms with E-state index in [9.17, 15) is 4.79 Å². The summed E-state index contributed by atoms with van der Waals surface area (Å²) in [7, 11) is 1.60. The van der Waals surface area contributed by atoms with Crippen LogP contribution in [-0.2, 0) is 12.0 Å². The van der Waals surface area contributed by atoms with E-state index < -0.39 is 0 Å². The lowest BCUT2D eigenvalue weighted by Crippen LogP contribution is -2.21. The van der Waals surface area contributed by atoms with Crippen molar-refractivity contribution in [2.45, 2.75) is 53.0 Å². The number of nitrogens with one attached hydrogen (secondary N) is 2. The van der Waals surface area contributed by atoms with Crippen molar-refractivity contribution in [2.75, 3.05) is 36.5 Å². The Kier molecular flexibility index (Phi) is 9.02. The topological polar surface area (TPSA) is 88.6 Å². The van der Waals surface area contributed by atoms with Gasteiger partial charge < -0.3 is 19.5 Å². The van der Waals surface area contributed by atoms with Crippen molar-refractivity contribution in [3.63, 3.8) is 0 Å². The van der Waals surface area contributed by atoms with E-state index in [1.165, 1.54) is 18.4 Å². The molecule has 1 saturated heterocycles. The van der Waals surface area contributed by atoms with Crippen molar-refractivity contribution in [3.8, 4) is 17.4 Å². The zero-order valence-electron chi connectivity index (χ0n) is 23.9. The van der Waals surface area contributed by atoms with Gasteiger partial charge in [0, 0.05) is 30.6 Å². The van der Waals surface area contributed by atoms with E-state index in [-0.39, 0.29) is 11.3 Å². The van der Waals surface area contributed by atoms with Gasteiger partial charge in [-0.25, -0.2) is 4.98 Å². The summed E-state index contributed by atoms with van der Waals surface area (Å²) >= 11 is 1.47. The van der Waals surface area contributed by atoms with Crippen LogP contribution in [0.15, 0.2) is 42.6 Å². The molecule has 2 aromatic carbocycles. The van der Waals surface area contributed by atoms with Crippen LogP contribution >= 0.6 is 11.9 Å². The predicted molar refractivity (Wildman–Crippen MR) is 159 cm³/mol. The molecule has 3 aromatic rings. The van der Waals surface area contributed by atoms with E-state index in [0.717, 1.165) is 35.7 Å². The fraction of sp³-hybridized carbons (Fsp3) is 0.433. The van der Waals surface area contributed by atoms with Gasteiger partial charge in [0.2, 0.25) is 5.88 Å². The summed E-state index contributed by atoms with van der Waals surface area (Å²) in [5.41, 5.74) is 3.74. The number of hydrogen-bond donors (Lipinski definition) is 2. The fourth-order valence-electron chi connectivity index (χ4n) is 4.60. The highest BCUT2D eigenvalue weighted by molar-refractivity contribution is 7.99. The number of amides is 1. The quantitative estimate of drug-likeness (QED) is 0.286. The predicted octanol–water partition coefficient (Wildman–Crippen LogP) is 6.67. The van der Waals surface area contributed by atoms with E-state index in [0.29, 0.717) is 41.1 Å². The van der Waals surface area contributed by atoms with E-state index in [4.69, 9.17) is 9.47 Å². The first-order chi connectivity index (χ1) is 18.6. The highest BCUT2D eigenvalue weighted by atomic mass is 32.2. The maximum atomic E-state index is 13.4. The molecule has 1 fully saturated rings. The molecule has 2 N–H and O–H groups in total. The molecule has 1 amide bonds. The second-order valence-corrected chi connectivity index (χ2v) is 11.7. The van der Waals surface area contributed by atoms with Crippen LogP contribution in [0.5, 0.6) is 17.4 Å². The summed E-state index contributed by atoms with van der Waals surface area (Å²) in [6.45, 7) is 13.4. The Morgan fingerprint density at radius 1 is 1.18 bits per heavy atom. The average molecular weight is 550 g/mol. The van der Waals surface area contributed by atoms with Gasteiger partial charge in [0.05, 0.1) is 25.0 Å². The van der Waals surface area contributed by atoms with Gasteiger partial charge in [-0.05, 0) is 66.6 Å². The molecule has 4 rings (SSSR count). The van der Waals surface area contributed by atoms with Gasteiger partial charge in [0.1, 0.15) is 11.6 Å². The molecule has 1 aliphatic rings. The smallest absolute Gasteiger partial charge is 0.255 e. The van der Waals surface area contributed by atoms with Crippen LogP contribution in [-0.4, -0.2) is 47.2 Å². The minimum atomic E-state index is -0.258. The summed E-state index contributed by atoms with van der Waals surface area (Å²) < 4.78 is 15.1. The number of hydrogen-bond acceptors (Lipinski definition) is 8. The van der Waals surface area contributed by atoms with Gasteiger partial charge in [-0.15, -0.1) is 0 Å². The molecular weight excluding hydrogens is 510 g/mol. The molecule has 0 saturated carbocycles. The van der Waals surface area contributed by atoms with Crippen molar-refractivity contribution in [2.24, 2.45) is 5.92 Å². The fourth-order valence-corrected chi connectivity index (χ4v) is 4.97. The molecule has 39 heavy (non-hydrogen) atoms. The number of aryl methyl sites for hydroxylation is 1. The third-order valence-corrected chi connectivity index (χ3v) is 7.26. The second-order valence-electron chi connectivity index (χ2n) is 11.1. The summed E-state index contributed by atoms with van der Waals surface area (Å²) in [6, 6.07) is 11.2. The molecule has 1 unspecified atom stereocenters. The van der Waals surface area contributed by atoms with Gasteiger partial charge in [-0.3, -0.25) is 9.69 Å². The maximum Gasteiger partial charge on any atom is 0.255 e. The summed E-state index contributed by atoms with van der Waals surface area (Å²) in [5.74, 6) is 2.78. The van der Waals surface area contributed by atoms with Crippen LogP contribution < -0.4 is 19.5 Å². The lowest BCUT2D eigenvalue weighted by molar-refractivity contribution is 0.102. The number of ether oxygens (including phenoxy) is 2. The zero-order valence-corrected chi connectivity index (χ0v) is 24.7. The SMILES string of the molecule is COc1c(NSC)cc(C(C)(C)C)cc1NC(=O)c1ccc(C)c(Oc2ccnc(CN3CCC(C)C3)n2)c1. The van der Waals surface area contributed by atoms with Crippen LogP contribution in [0.25, 0.3) is 0 Å². The van der Waals surface area contributed by atoms with Gasteiger partial charge in [-0.1, -0.05) is 45.7 Å². The minimum absolute atomic E-state index is 0.116. The first kappa shape index (κ1) is 28.7. The Balaban J connectivity index is 1.56. The third-order valence-electron chi connectivity index (χ3n) is 6.84. The van der Waals surface area contributed by atoms with Gasteiger partial charge in [-0.2, -0.15) is 4.98 Å². The Labute approximate surface area is 236 Å². The minimum Gasteiger partial charge on any atom is -0.492 e. The van der Waals surface area contributed by atoms with Crippen LogP contribution in [0.2, 0.25) is 0 Å². The molecule has 1 aliphatic heterocycles. The van der Waals surface area contributed by atoms with Gasteiger partial charge >= 0.3 is 0 Å². The first-order valence-electron chi connectivity index (χ1n) is 13.2. The Morgan fingerprint density at radius 2 is 1.95 bits per heavy atom. The number of carbonyl (C=O) groups is 1. The lowest BCUT2D eigenvalue weighted by atomic mass is 9.86. The molecule has 1 atom stereocenters. The number of nitrogens with zero attached hydrogens (tertiary/aromatic N) is 3. The summed E-state index contributed by atoms with van der Waals surface area (Å²) in [4.78, 5) is 24.8. The number of aromatic nitrogens is 2. The van der Waals surface area contributed by atoms with E-state index in [1.54, 1.807) is 31.5 Å². The van der Waals surface area contributed by atoms with Crippen LogP contribution in [0.3, 0.4) is 0 Å². The zero-order chi connectivity index (χ0) is 28.2. The highest BCUT2D eigenvalue weighted by Gasteiger charge is 2.22. The molecular formula is C30H39N5O3S. The van der Waals surface area contributed by atoms with Crippen LogP contribution in [0.4, 0.5) is 11.4 Å². The Morgan fingerprint density at radius 3 is 2.62 bits per heavy atom. The molecule has 0 radical (unpaired) electrons. The number of benzene rings is 2.